The van der Waals surface area contributed by atoms with Gasteiger partial charge in [0, 0.05) is 26.2 Å². The molecule has 1 spiro atoms. The van der Waals surface area contributed by atoms with Gasteiger partial charge in [0.05, 0.1) is 12.1 Å². The van der Waals surface area contributed by atoms with Crippen LogP contribution >= 0.6 is 0 Å². The van der Waals surface area contributed by atoms with E-state index in [4.69, 9.17) is 4.74 Å². The molecule has 0 aliphatic carbocycles. The monoisotopic (exact) mass is 404 g/mol. The van der Waals surface area contributed by atoms with Crippen LogP contribution in [-0.2, 0) is 22.6 Å². The van der Waals surface area contributed by atoms with Crippen molar-refractivity contribution in [3.63, 3.8) is 0 Å². The number of hydrogen-bond donors (Lipinski definition) is 0. The molecule has 1 amide bonds. The standard InChI is InChI=1S/C22H23F3N2O2/c23-18-3-1-2-16(10-18)13-27-15-22(29-14-21(27)28)6-8-26(9-7-22)12-17-4-5-19(24)20(25)11-17/h1-5,10-11H,6-9,12-15H2. The van der Waals surface area contributed by atoms with Crippen LogP contribution in [0.4, 0.5) is 13.2 Å². The molecule has 2 aromatic carbocycles. The first-order valence-corrected chi connectivity index (χ1v) is 9.75. The van der Waals surface area contributed by atoms with Crippen LogP contribution in [0.1, 0.15) is 24.0 Å². The lowest BCUT2D eigenvalue weighted by Gasteiger charge is -2.47. The van der Waals surface area contributed by atoms with Gasteiger partial charge in [0.15, 0.2) is 11.6 Å². The lowest BCUT2D eigenvalue weighted by atomic mass is 9.89. The molecule has 0 unspecified atom stereocenters. The zero-order valence-electron chi connectivity index (χ0n) is 16.0. The second kappa shape index (κ2) is 8.16. The fourth-order valence-corrected chi connectivity index (χ4v) is 4.10. The van der Waals surface area contributed by atoms with E-state index in [1.54, 1.807) is 17.0 Å². The van der Waals surface area contributed by atoms with E-state index in [9.17, 15) is 18.0 Å². The van der Waals surface area contributed by atoms with Crippen LogP contribution in [-0.4, -0.2) is 47.5 Å². The largest absolute Gasteiger partial charge is 0.363 e. The number of hydrogen-bond acceptors (Lipinski definition) is 3. The maximum atomic E-state index is 13.5. The molecule has 2 aliphatic rings. The summed E-state index contributed by atoms with van der Waals surface area (Å²) in [5.74, 6) is -2.09. The van der Waals surface area contributed by atoms with Gasteiger partial charge in [-0.25, -0.2) is 13.2 Å². The summed E-state index contributed by atoms with van der Waals surface area (Å²) in [5, 5.41) is 0. The smallest absolute Gasteiger partial charge is 0.248 e. The van der Waals surface area contributed by atoms with Gasteiger partial charge in [-0.3, -0.25) is 9.69 Å². The molecule has 4 nitrogen and oxygen atoms in total. The average molecular weight is 404 g/mol. The molecule has 0 saturated carbocycles. The fraction of sp³-hybridized carbons (Fsp3) is 0.409. The molecule has 2 aliphatic heterocycles. The number of halogens is 3. The zero-order chi connectivity index (χ0) is 20.4. The van der Waals surface area contributed by atoms with Crippen LogP contribution in [0, 0.1) is 17.5 Å². The molecule has 2 heterocycles. The number of morpholine rings is 1. The first-order valence-electron chi connectivity index (χ1n) is 9.75. The first-order chi connectivity index (χ1) is 13.9. The number of rotatable bonds is 4. The van der Waals surface area contributed by atoms with Crippen molar-refractivity contribution >= 4 is 5.91 Å². The van der Waals surface area contributed by atoms with Crippen LogP contribution in [0.25, 0.3) is 0 Å². The highest BCUT2D eigenvalue weighted by atomic mass is 19.2. The molecular formula is C22H23F3N2O2. The third-order valence-corrected chi connectivity index (χ3v) is 5.75. The second-order valence-corrected chi connectivity index (χ2v) is 7.88. The van der Waals surface area contributed by atoms with Gasteiger partial charge in [-0.15, -0.1) is 0 Å². The van der Waals surface area contributed by atoms with E-state index in [0.717, 1.165) is 43.1 Å². The molecule has 0 bridgehead atoms. The van der Waals surface area contributed by atoms with Gasteiger partial charge in [0.2, 0.25) is 5.91 Å². The van der Waals surface area contributed by atoms with Crippen molar-refractivity contribution in [1.29, 1.82) is 0 Å². The number of likely N-dealkylation sites (tertiary alicyclic amines) is 1. The SMILES string of the molecule is O=C1COC2(CCN(Cc3ccc(F)c(F)c3)CC2)CN1Cc1cccc(F)c1. The summed E-state index contributed by atoms with van der Waals surface area (Å²) >= 11 is 0. The van der Waals surface area contributed by atoms with E-state index in [2.05, 4.69) is 4.90 Å². The normalized spacial score (nSPS) is 19.7. The van der Waals surface area contributed by atoms with Crippen LogP contribution in [0.3, 0.4) is 0 Å². The van der Waals surface area contributed by atoms with Crippen molar-refractivity contribution < 1.29 is 22.7 Å². The second-order valence-electron chi connectivity index (χ2n) is 7.88. The molecule has 2 saturated heterocycles. The zero-order valence-corrected chi connectivity index (χ0v) is 16.0. The Morgan fingerprint density at radius 1 is 0.931 bits per heavy atom. The summed E-state index contributed by atoms with van der Waals surface area (Å²) in [7, 11) is 0. The van der Waals surface area contributed by atoms with E-state index in [1.165, 1.54) is 18.2 Å². The van der Waals surface area contributed by atoms with Crippen molar-refractivity contribution in [2.45, 2.75) is 31.5 Å². The molecule has 4 rings (SSSR count). The van der Waals surface area contributed by atoms with Gasteiger partial charge in [-0.1, -0.05) is 18.2 Å². The molecule has 0 atom stereocenters. The molecule has 154 valence electrons. The van der Waals surface area contributed by atoms with Gasteiger partial charge < -0.3 is 9.64 Å². The highest BCUT2D eigenvalue weighted by Gasteiger charge is 2.42. The number of amides is 1. The van der Waals surface area contributed by atoms with Gasteiger partial charge in [-0.05, 0) is 48.2 Å². The Morgan fingerprint density at radius 3 is 2.41 bits per heavy atom. The van der Waals surface area contributed by atoms with Crippen LogP contribution in [0.2, 0.25) is 0 Å². The van der Waals surface area contributed by atoms with Crippen molar-refractivity contribution in [1.82, 2.24) is 9.80 Å². The van der Waals surface area contributed by atoms with Crippen LogP contribution in [0.5, 0.6) is 0 Å². The maximum absolute atomic E-state index is 13.5. The van der Waals surface area contributed by atoms with Gasteiger partial charge in [0.1, 0.15) is 12.4 Å². The molecule has 2 aromatic rings. The minimum Gasteiger partial charge on any atom is -0.363 e. The number of carbonyl (C=O) groups is 1. The minimum absolute atomic E-state index is 0.0263. The predicted molar refractivity (Wildman–Crippen MR) is 101 cm³/mol. The summed E-state index contributed by atoms with van der Waals surface area (Å²) in [5.41, 5.74) is 1.07. The van der Waals surface area contributed by atoms with Gasteiger partial charge in [0.25, 0.3) is 0 Å². The third kappa shape index (κ3) is 4.62. The molecular weight excluding hydrogens is 381 g/mol. The lowest BCUT2D eigenvalue weighted by molar-refractivity contribution is -0.172. The molecule has 0 N–H and O–H groups in total. The number of carbonyl (C=O) groups excluding carboxylic acids is 1. The van der Waals surface area contributed by atoms with Crippen LogP contribution < -0.4 is 0 Å². The minimum atomic E-state index is -0.843. The van der Waals surface area contributed by atoms with Crippen molar-refractivity contribution in [3.8, 4) is 0 Å². The number of piperidine rings is 1. The Balaban J connectivity index is 1.36. The van der Waals surface area contributed by atoms with Crippen LogP contribution in [0.15, 0.2) is 42.5 Å². The van der Waals surface area contributed by atoms with E-state index in [-0.39, 0.29) is 18.3 Å². The summed E-state index contributed by atoms with van der Waals surface area (Å²) in [6.07, 6.45) is 1.48. The van der Waals surface area contributed by atoms with Crippen molar-refractivity contribution in [2.24, 2.45) is 0 Å². The maximum Gasteiger partial charge on any atom is 0.248 e. The Hall–Kier alpha value is -2.38. The third-order valence-electron chi connectivity index (χ3n) is 5.75. The highest BCUT2D eigenvalue weighted by Crippen LogP contribution is 2.32. The van der Waals surface area contributed by atoms with E-state index in [0.29, 0.717) is 19.6 Å². The summed E-state index contributed by atoms with van der Waals surface area (Å²) in [4.78, 5) is 16.2. The van der Waals surface area contributed by atoms with E-state index >= 15 is 0 Å². The van der Waals surface area contributed by atoms with Gasteiger partial charge in [-0.2, -0.15) is 0 Å². The van der Waals surface area contributed by atoms with E-state index < -0.39 is 17.2 Å². The summed E-state index contributed by atoms with van der Waals surface area (Å²) < 4.78 is 45.9. The Labute approximate surface area is 167 Å². The van der Waals surface area contributed by atoms with E-state index in [1.807, 2.05) is 6.07 Å². The summed E-state index contributed by atoms with van der Waals surface area (Å²) in [6, 6.07) is 10.3. The average Bonchev–Trinajstić information content (AvgIpc) is 2.70. The molecule has 0 radical (unpaired) electrons. The highest BCUT2D eigenvalue weighted by molar-refractivity contribution is 5.78. The molecule has 2 fully saturated rings. The molecule has 7 heteroatoms. The lowest BCUT2D eigenvalue weighted by Crippen LogP contribution is -2.58. The van der Waals surface area contributed by atoms with Crippen molar-refractivity contribution in [2.75, 3.05) is 26.2 Å². The Kier molecular flexibility index (Phi) is 5.61. The quantitative estimate of drug-likeness (QED) is 0.782. The van der Waals surface area contributed by atoms with Crippen molar-refractivity contribution in [3.05, 3.63) is 71.0 Å². The predicted octanol–water partition coefficient (Wildman–Crippen LogP) is 3.50. The van der Waals surface area contributed by atoms with Gasteiger partial charge >= 0.3 is 0 Å². The fourth-order valence-electron chi connectivity index (χ4n) is 4.10. The molecule has 0 aromatic heterocycles. The number of benzene rings is 2. The topological polar surface area (TPSA) is 32.8 Å². The first kappa shape index (κ1) is 19.9. The molecule has 29 heavy (non-hydrogen) atoms. The summed E-state index contributed by atoms with van der Waals surface area (Å²) in [6.45, 7) is 2.88. The Morgan fingerprint density at radius 2 is 1.69 bits per heavy atom. The Bertz CT molecular complexity index is 897. The number of ether oxygens (including phenoxy) is 1. The number of nitrogens with zero attached hydrogens (tertiary/aromatic N) is 2.